The Kier molecular flexibility index (Phi) is 2.69. The molecule has 3 N–H and O–H groups in total. The highest BCUT2D eigenvalue weighted by molar-refractivity contribution is 5.99. The normalized spacial score (nSPS) is 20.4. The van der Waals surface area contributed by atoms with Crippen LogP contribution in [0.1, 0.15) is 30.9 Å². The van der Waals surface area contributed by atoms with Gasteiger partial charge in [0.25, 0.3) is 0 Å². The fraction of sp³-hybridized carbons (Fsp3) is 0.267. The second-order valence-corrected chi connectivity index (χ2v) is 5.47. The first-order valence-corrected chi connectivity index (χ1v) is 7.10. The summed E-state index contributed by atoms with van der Waals surface area (Å²) in [5.41, 5.74) is 2.22. The summed E-state index contributed by atoms with van der Waals surface area (Å²) >= 11 is 0. The van der Waals surface area contributed by atoms with Crippen LogP contribution in [0.15, 0.2) is 35.8 Å². The van der Waals surface area contributed by atoms with Crippen molar-refractivity contribution in [1.82, 2.24) is 14.8 Å². The molecule has 4 rings (SSSR count). The zero-order chi connectivity index (χ0) is 15.3. The number of hydrogen-bond acceptors (Lipinski definition) is 6. The van der Waals surface area contributed by atoms with Gasteiger partial charge in [-0.2, -0.15) is 10.1 Å². The van der Waals surface area contributed by atoms with Crippen LogP contribution in [-0.2, 0) is 4.79 Å². The molecule has 2 aliphatic rings. The molecule has 1 aromatic heterocycles. The van der Waals surface area contributed by atoms with E-state index in [9.17, 15) is 15.0 Å². The summed E-state index contributed by atoms with van der Waals surface area (Å²) in [4.78, 5) is 16.6. The number of ketones is 1. The Morgan fingerprint density at radius 1 is 1.23 bits per heavy atom. The molecular weight excluding hydrogens is 284 g/mol. The van der Waals surface area contributed by atoms with Gasteiger partial charge in [-0.25, -0.2) is 4.68 Å². The number of nitrogens with zero attached hydrogens (tertiary/aromatic N) is 3. The van der Waals surface area contributed by atoms with Crippen LogP contribution in [0.5, 0.6) is 11.5 Å². The Balaban J connectivity index is 1.92. The topological polar surface area (TPSA) is 100 Å². The number of allylic oxidation sites excluding steroid dienone is 2. The number of carbonyl (C=O) groups is 1. The molecule has 0 radical (unpaired) electrons. The number of phenols is 2. The van der Waals surface area contributed by atoms with E-state index >= 15 is 0 Å². The molecule has 2 aromatic rings. The van der Waals surface area contributed by atoms with E-state index in [4.69, 9.17) is 0 Å². The summed E-state index contributed by atoms with van der Waals surface area (Å²) in [6.07, 6.45) is 3.53. The SMILES string of the molecule is O=C1CCCC2=C1[C@H](c1ccc(O)c(O)c1)n1ncnc1N2. The highest BCUT2D eigenvalue weighted by atomic mass is 16.3. The van der Waals surface area contributed by atoms with Crippen molar-refractivity contribution in [1.29, 1.82) is 0 Å². The number of benzene rings is 1. The summed E-state index contributed by atoms with van der Waals surface area (Å²) in [5, 5.41) is 26.7. The van der Waals surface area contributed by atoms with E-state index in [0.29, 0.717) is 23.5 Å². The van der Waals surface area contributed by atoms with E-state index < -0.39 is 6.04 Å². The molecule has 112 valence electrons. The van der Waals surface area contributed by atoms with Gasteiger partial charge in [0.1, 0.15) is 12.4 Å². The van der Waals surface area contributed by atoms with Gasteiger partial charge in [-0.3, -0.25) is 4.79 Å². The minimum Gasteiger partial charge on any atom is -0.504 e. The Hall–Kier alpha value is -2.83. The number of anilines is 1. The average molecular weight is 298 g/mol. The van der Waals surface area contributed by atoms with Crippen molar-refractivity contribution in [3.63, 3.8) is 0 Å². The maximum Gasteiger partial charge on any atom is 0.226 e. The Labute approximate surface area is 125 Å². The molecule has 2 heterocycles. The van der Waals surface area contributed by atoms with Crippen LogP contribution in [0.4, 0.5) is 5.95 Å². The molecule has 1 aliphatic heterocycles. The number of Topliss-reactive ketones (excluding diaryl/α,β-unsaturated/α-hetero) is 1. The maximum atomic E-state index is 12.4. The first kappa shape index (κ1) is 12.9. The van der Waals surface area contributed by atoms with Crippen molar-refractivity contribution in [2.75, 3.05) is 5.32 Å². The van der Waals surface area contributed by atoms with Crippen LogP contribution in [0, 0.1) is 0 Å². The molecule has 22 heavy (non-hydrogen) atoms. The van der Waals surface area contributed by atoms with Crippen LogP contribution >= 0.6 is 0 Å². The summed E-state index contributed by atoms with van der Waals surface area (Å²) < 4.78 is 1.63. The zero-order valence-corrected chi connectivity index (χ0v) is 11.7. The fourth-order valence-corrected chi connectivity index (χ4v) is 3.11. The molecule has 0 saturated carbocycles. The zero-order valence-electron chi connectivity index (χ0n) is 11.7. The van der Waals surface area contributed by atoms with Crippen molar-refractivity contribution in [3.05, 3.63) is 41.4 Å². The van der Waals surface area contributed by atoms with E-state index in [1.54, 1.807) is 10.7 Å². The molecule has 0 fully saturated rings. The minimum atomic E-state index is -0.437. The third kappa shape index (κ3) is 1.78. The predicted molar refractivity (Wildman–Crippen MR) is 77.4 cm³/mol. The smallest absolute Gasteiger partial charge is 0.226 e. The molecule has 0 unspecified atom stereocenters. The fourth-order valence-electron chi connectivity index (χ4n) is 3.11. The molecule has 7 nitrogen and oxygen atoms in total. The molecule has 7 heteroatoms. The third-order valence-electron chi connectivity index (χ3n) is 4.13. The number of nitrogens with one attached hydrogen (secondary N) is 1. The average Bonchev–Trinajstić information content (AvgIpc) is 2.96. The number of aromatic hydroxyl groups is 2. The second kappa shape index (κ2) is 4.59. The van der Waals surface area contributed by atoms with Gasteiger partial charge >= 0.3 is 0 Å². The number of aromatic nitrogens is 3. The number of rotatable bonds is 1. The van der Waals surface area contributed by atoms with Gasteiger partial charge in [0, 0.05) is 17.7 Å². The van der Waals surface area contributed by atoms with Gasteiger partial charge in [0.2, 0.25) is 5.95 Å². The van der Waals surface area contributed by atoms with E-state index in [0.717, 1.165) is 18.5 Å². The highest BCUT2D eigenvalue weighted by Crippen LogP contribution is 2.41. The second-order valence-electron chi connectivity index (χ2n) is 5.47. The first-order chi connectivity index (χ1) is 10.6. The van der Waals surface area contributed by atoms with Gasteiger partial charge in [-0.15, -0.1) is 0 Å². The monoisotopic (exact) mass is 298 g/mol. The molecule has 0 spiro atoms. The van der Waals surface area contributed by atoms with Crippen LogP contribution in [0.3, 0.4) is 0 Å². The van der Waals surface area contributed by atoms with Crippen molar-refractivity contribution >= 4 is 11.7 Å². The van der Waals surface area contributed by atoms with Crippen molar-refractivity contribution in [3.8, 4) is 11.5 Å². The lowest BCUT2D eigenvalue weighted by molar-refractivity contribution is -0.116. The largest absolute Gasteiger partial charge is 0.504 e. The quantitative estimate of drug-likeness (QED) is 0.693. The minimum absolute atomic E-state index is 0.0764. The summed E-state index contributed by atoms with van der Waals surface area (Å²) in [6, 6.07) is 4.12. The molecular formula is C15H14N4O3. The van der Waals surface area contributed by atoms with Gasteiger partial charge in [0.05, 0.1) is 0 Å². The summed E-state index contributed by atoms with van der Waals surface area (Å²) in [7, 11) is 0. The van der Waals surface area contributed by atoms with Crippen LogP contribution < -0.4 is 5.32 Å². The van der Waals surface area contributed by atoms with Crippen molar-refractivity contribution < 1.29 is 15.0 Å². The van der Waals surface area contributed by atoms with Gasteiger partial charge in [-0.05, 0) is 30.5 Å². The Bertz CT molecular complexity index is 809. The molecule has 1 aromatic carbocycles. The van der Waals surface area contributed by atoms with E-state index in [1.165, 1.54) is 18.5 Å². The van der Waals surface area contributed by atoms with Crippen LogP contribution in [0.2, 0.25) is 0 Å². The van der Waals surface area contributed by atoms with E-state index in [1.807, 2.05) is 0 Å². The number of carbonyl (C=O) groups excluding carboxylic acids is 1. The maximum absolute atomic E-state index is 12.4. The number of fused-ring (bicyclic) bond motifs is 1. The van der Waals surface area contributed by atoms with E-state index in [-0.39, 0.29) is 17.3 Å². The lowest BCUT2D eigenvalue weighted by atomic mass is 9.85. The molecule has 0 saturated heterocycles. The first-order valence-electron chi connectivity index (χ1n) is 7.10. The highest BCUT2D eigenvalue weighted by Gasteiger charge is 2.36. The van der Waals surface area contributed by atoms with Crippen LogP contribution in [-0.4, -0.2) is 30.8 Å². The number of phenolic OH excluding ortho intramolecular Hbond substituents is 2. The molecule has 0 amide bonds. The molecule has 1 aliphatic carbocycles. The van der Waals surface area contributed by atoms with Crippen LogP contribution in [0.25, 0.3) is 0 Å². The van der Waals surface area contributed by atoms with Crippen molar-refractivity contribution in [2.24, 2.45) is 0 Å². The van der Waals surface area contributed by atoms with Gasteiger partial charge < -0.3 is 15.5 Å². The third-order valence-corrected chi connectivity index (χ3v) is 4.13. The van der Waals surface area contributed by atoms with Gasteiger partial charge in [-0.1, -0.05) is 6.07 Å². The number of hydrogen-bond donors (Lipinski definition) is 3. The summed E-state index contributed by atoms with van der Waals surface area (Å²) in [5.74, 6) is 0.238. The Morgan fingerprint density at radius 3 is 2.91 bits per heavy atom. The standard InChI is InChI=1S/C15H14N4O3/c20-10-5-4-8(6-12(10)22)14-13-9(2-1-3-11(13)21)18-15-16-7-17-19(14)15/h4-7,14,20,22H,1-3H2,(H,16,17,18)/t14-/m0/s1. The molecule has 0 bridgehead atoms. The predicted octanol–water partition coefficient (Wildman–Crippen LogP) is 1.71. The van der Waals surface area contributed by atoms with E-state index in [2.05, 4.69) is 15.4 Å². The Morgan fingerprint density at radius 2 is 2.09 bits per heavy atom. The van der Waals surface area contributed by atoms with Gasteiger partial charge in [0.15, 0.2) is 17.3 Å². The lowest BCUT2D eigenvalue weighted by Crippen LogP contribution is -2.31. The van der Waals surface area contributed by atoms with Crippen molar-refractivity contribution in [2.45, 2.75) is 25.3 Å². The molecule has 1 atom stereocenters. The summed E-state index contributed by atoms with van der Waals surface area (Å²) in [6.45, 7) is 0. The lowest BCUT2D eigenvalue weighted by Gasteiger charge is -2.32.